The Labute approximate surface area is 202 Å². The van der Waals surface area contributed by atoms with Gasteiger partial charge < -0.3 is 5.32 Å². The molecule has 0 unspecified atom stereocenters. The number of aryl methyl sites for hydroxylation is 1. The van der Waals surface area contributed by atoms with Crippen molar-refractivity contribution in [2.45, 2.75) is 17.0 Å². The highest BCUT2D eigenvalue weighted by atomic mass is 32.2. The van der Waals surface area contributed by atoms with E-state index in [2.05, 4.69) is 15.5 Å². The summed E-state index contributed by atoms with van der Waals surface area (Å²) in [5.74, 6) is -0.193. The summed E-state index contributed by atoms with van der Waals surface area (Å²) in [5.41, 5.74) is 2.95. The van der Waals surface area contributed by atoms with Gasteiger partial charge in [0, 0.05) is 12.7 Å². The van der Waals surface area contributed by atoms with E-state index in [0.717, 1.165) is 11.3 Å². The van der Waals surface area contributed by atoms with Gasteiger partial charge in [0.15, 0.2) is 5.16 Å². The van der Waals surface area contributed by atoms with Crippen molar-refractivity contribution in [3.63, 3.8) is 0 Å². The SMILES string of the molecule is Cc1ccccc1-n1cnnc1SCC(=O)Nc1cccc(S(=O)(=O)N(C)c2ccccc2)c1. The van der Waals surface area contributed by atoms with E-state index >= 15 is 0 Å². The molecule has 8 nitrogen and oxygen atoms in total. The van der Waals surface area contributed by atoms with E-state index in [1.54, 1.807) is 42.7 Å². The Morgan fingerprint density at radius 2 is 1.76 bits per heavy atom. The molecule has 0 fully saturated rings. The normalized spacial score (nSPS) is 11.2. The number of aromatic nitrogens is 3. The Bertz CT molecular complexity index is 1400. The fraction of sp³-hybridized carbons (Fsp3) is 0.125. The molecule has 3 aromatic carbocycles. The number of para-hydroxylation sites is 2. The van der Waals surface area contributed by atoms with Crippen LogP contribution in [0.2, 0.25) is 0 Å². The molecule has 0 radical (unpaired) electrons. The van der Waals surface area contributed by atoms with E-state index in [-0.39, 0.29) is 16.6 Å². The number of anilines is 2. The molecule has 174 valence electrons. The molecule has 1 heterocycles. The first kappa shape index (κ1) is 23.5. The van der Waals surface area contributed by atoms with Crippen molar-refractivity contribution in [2.75, 3.05) is 22.4 Å². The number of nitrogens with zero attached hydrogens (tertiary/aromatic N) is 4. The van der Waals surface area contributed by atoms with Crippen molar-refractivity contribution in [3.8, 4) is 5.69 Å². The fourth-order valence-electron chi connectivity index (χ4n) is 3.32. The number of benzene rings is 3. The molecular weight excluding hydrogens is 470 g/mol. The topological polar surface area (TPSA) is 97.2 Å². The Hall–Kier alpha value is -3.63. The van der Waals surface area contributed by atoms with Crippen molar-refractivity contribution in [1.29, 1.82) is 0 Å². The molecule has 0 saturated carbocycles. The minimum Gasteiger partial charge on any atom is -0.325 e. The van der Waals surface area contributed by atoms with Crippen molar-refractivity contribution in [2.24, 2.45) is 0 Å². The zero-order chi connectivity index (χ0) is 24.1. The number of carbonyl (C=O) groups is 1. The number of hydrogen-bond donors (Lipinski definition) is 1. The van der Waals surface area contributed by atoms with Crippen LogP contribution in [0.15, 0.2) is 95.2 Å². The zero-order valence-electron chi connectivity index (χ0n) is 18.6. The molecule has 0 aliphatic rings. The molecule has 0 aliphatic heterocycles. The van der Waals surface area contributed by atoms with Crippen molar-refractivity contribution >= 4 is 39.1 Å². The molecule has 10 heteroatoms. The molecule has 34 heavy (non-hydrogen) atoms. The van der Waals surface area contributed by atoms with Crippen molar-refractivity contribution < 1.29 is 13.2 Å². The van der Waals surface area contributed by atoms with Crippen LogP contribution in [-0.4, -0.2) is 41.9 Å². The van der Waals surface area contributed by atoms with Gasteiger partial charge in [0.2, 0.25) is 5.91 Å². The fourth-order valence-corrected chi connectivity index (χ4v) is 5.28. The van der Waals surface area contributed by atoms with Gasteiger partial charge in [-0.15, -0.1) is 10.2 Å². The van der Waals surface area contributed by atoms with E-state index in [9.17, 15) is 13.2 Å². The monoisotopic (exact) mass is 493 g/mol. The summed E-state index contributed by atoms with van der Waals surface area (Å²) < 4.78 is 29.1. The van der Waals surface area contributed by atoms with E-state index in [0.29, 0.717) is 16.5 Å². The molecule has 0 bridgehead atoms. The predicted octanol–water partition coefficient (Wildman–Crippen LogP) is 4.13. The molecule has 4 aromatic rings. The second kappa shape index (κ2) is 10.1. The maximum atomic E-state index is 13.0. The largest absolute Gasteiger partial charge is 0.325 e. The number of nitrogens with one attached hydrogen (secondary N) is 1. The average Bonchev–Trinajstić information content (AvgIpc) is 3.31. The maximum absolute atomic E-state index is 13.0. The summed E-state index contributed by atoms with van der Waals surface area (Å²) >= 11 is 1.25. The summed E-state index contributed by atoms with van der Waals surface area (Å²) in [4.78, 5) is 12.7. The van der Waals surface area contributed by atoms with Gasteiger partial charge >= 0.3 is 0 Å². The van der Waals surface area contributed by atoms with E-state index in [4.69, 9.17) is 0 Å². The summed E-state index contributed by atoms with van der Waals surface area (Å²) in [6.45, 7) is 1.99. The first-order chi connectivity index (χ1) is 16.4. The van der Waals surface area contributed by atoms with E-state index in [1.807, 2.05) is 41.8 Å². The molecule has 1 aromatic heterocycles. The zero-order valence-corrected chi connectivity index (χ0v) is 20.3. The summed E-state index contributed by atoms with van der Waals surface area (Å²) in [6, 6.07) is 22.8. The van der Waals surface area contributed by atoms with Gasteiger partial charge in [-0.25, -0.2) is 8.42 Å². The summed E-state index contributed by atoms with van der Waals surface area (Å²) in [6.07, 6.45) is 1.61. The lowest BCUT2D eigenvalue weighted by atomic mass is 10.2. The van der Waals surface area contributed by atoms with Crippen LogP contribution in [0.4, 0.5) is 11.4 Å². The van der Waals surface area contributed by atoms with E-state index in [1.165, 1.54) is 35.2 Å². The van der Waals surface area contributed by atoms with Crippen LogP contribution in [0.5, 0.6) is 0 Å². The van der Waals surface area contributed by atoms with E-state index < -0.39 is 10.0 Å². The van der Waals surface area contributed by atoms with Gasteiger partial charge in [-0.1, -0.05) is 54.2 Å². The number of amides is 1. The highest BCUT2D eigenvalue weighted by Crippen LogP contribution is 2.25. The molecular formula is C24H23N5O3S2. The lowest BCUT2D eigenvalue weighted by Crippen LogP contribution is -2.26. The van der Waals surface area contributed by atoms with Crippen LogP contribution < -0.4 is 9.62 Å². The number of thioether (sulfide) groups is 1. The highest BCUT2D eigenvalue weighted by Gasteiger charge is 2.21. The van der Waals surface area contributed by atoms with Gasteiger partial charge in [-0.05, 0) is 48.9 Å². The molecule has 0 aliphatic carbocycles. The third-order valence-corrected chi connectivity index (χ3v) is 7.84. The van der Waals surface area contributed by atoms with Gasteiger partial charge in [-0.2, -0.15) is 0 Å². The lowest BCUT2D eigenvalue weighted by molar-refractivity contribution is -0.113. The minimum absolute atomic E-state index is 0.0867. The van der Waals surface area contributed by atoms with Crippen LogP contribution in [0, 0.1) is 6.92 Å². The second-order valence-corrected chi connectivity index (χ2v) is 10.4. The van der Waals surface area contributed by atoms with Gasteiger partial charge in [0.05, 0.1) is 22.0 Å². The van der Waals surface area contributed by atoms with Gasteiger partial charge in [0.1, 0.15) is 6.33 Å². The van der Waals surface area contributed by atoms with Crippen molar-refractivity contribution in [1.82, 2.24) is 14.8 Å². The maximum Gasteiger partial charge on any atom is 0.264 e. The van der Waals surface area contributed by atoms with Gasteiger partial charge in [-0.3, -0.25) is 13.7 Å². The minimum atomic E-state index is -3.78. The first-order valence-electron chi connectivity index (χ1n) is 10.4. The van der Waals surface area contributed by atoms with Crippen LogP contribution in [-0.2, 0) is 14.8 Å². The summed E-state index contributed by atoms with van der Waals surface area (Å²) in [7, 11) is -2.29. The molecule has 1 amide bonds. The number of carbonyl (C=O) groups excluding carboxylic acids is 1. The molecule has 0 atom stereocenters. The van der Waals surface area contributed by atoms with Crippen LogP contribution in [0.25, 0.3) is 5.69 Å². The standard InChI is InChI=1S/C24H23N5O3S2/c1-18-9-6-7-14-22(18)29-17-25-27-24(29)33-16-23(30)26-19-10-8-13-21(15-19)34(31,32)28(2)20-11-4-3-5-12-20/h3-15,17H,16H2,1-2H3,(H,26,30). The molecule has 0 spiro atoms. The van der Waals surface area contributed by atoms with Crippen LogP contribution >= 0.6 is 11.8 Å². The number of rotatable bonds is 8. The number of sulfonamides is 1. The molecule has 1 N–H and O–H groups in total. The predicted molar refractivity (Wildman–Crippen MR) is 134 cm³/mol. The smallest absolute Gasteiger partial charge is 0.264 e. The average molecular weight is 494 g/mol. The second-order valence-electron chi connectivity index (χ2n) is 7.44. The summed E-state index contributed by atoms with van der Waals surface area (Å²) in [5, 5.41) is 11.4. The Morgan fingerprint density at radius 3 is 2.53 bits per heavy atom. The first-order valence-corrected chi connectivity index (χ1v) is 12.8. The quantitative estimate of drug-likeness (QED) is 0.371. The lowest BCUT2D eigenvalue weighted by Gasteiger charge is -2.19. The Kier molecular flexibility index (Phi) is 6.99. The third kappa shape index (κ3) is 5.13. The Morgan fingerprint density at radius 1 is 1.03 bits per heavy atom. The highest BCUT2D eigenvalue weighted by molar-refractivity contribution is 7.99. The van der Waals surface area contributed by atoms with Crippen LogP contribution in [0.1, 0.15) is 5.56 Å². The molecule has 0 saturated heterocycles. The molecule has 4 rings (SSSR count). The van der Waals surface area contributed by atoms with Crippen molar-refractivity contribution in [3.05, 3.63) is 90.8 Å². The number of hydrogen-bond acceptors (Lipinski definition) is 6. The third-order valence-electron chi connectivity index (χ3n) is 5.12. The Balaban J connectivity index is 1.44. The van der Waals surface area contributed by atoms with Crippen LogP contribution in [0.3, 0.4) is 0 Å². The van der Waals surface area contributed by atoms with Gasteiger partial charge in [0.25, 0.3) is 10.0 Å².